The molecule has 23 heavy (non-hydrogen) atoms. The molecule has 0 bridgehead atoms. The summed E-state index contributed by atoms with van der Waals surface area (Å²) in [6.07, 6.45) is 3.33. The SMILES string of the molecule is COc1ncc(-c2cc3[nH]c(CNC(C)=O)cc3cc2Cl)cn1. The van der Waals surface area contributed by atoms with Gasteiger partial charge in [-0.15, -0.1) is 0 Å². The van der Waals surface area contributed by atoms with Gasteiger partial charge >= 0.3 is 6.01 Å². The van der Waals surface area contributed by atoms with E-state index in [2.05, 4.69) is 20.3 Å². The number of benzene rings is 1. The van der Waals surface area contributed by atoms with Crippen LogP contribution in [0.5, 0.6) is 6.01 Å². The van der Waals surface area contributed by atoms with Crippen molar-refractivity contribution < 1.29 is 9.53 Å². The second kappa shape index (κ2) is 6.26. The first-order valence-electron chi connectivity index (χ1n) is 6.99. The van der Waals surface area contributed by atoms with Crippen molar-refractivity contribution in [2.24, 2.45) is 0 Å². The summed E-state index contributed by atoms with van der Waals surface area (Å²) in [7, 11) is 1.52. The van der Waals surface area contributed by atoms with E-state index in [1.54, 1.807) is 12.4 Å². The normalized spacial score (nSPS) is 10.7. The Morgan fingerprint density at radius 2 is 2.04 bits per heavy atom. The third-order valence-corrected chi connectivity index (χ3v) is 3.73. The number of aromatic nitrogens is 3. The first-order valence-corrected chi connectivity index (χ1v) is 7.36. The van der Waals surface area contributed by atoms with Crippen molar-refractivity contribution in [3.8, 4) is 17.1 Å². The highest BCUT2D eigenvalue weighted by Gasteiger charge is 2.10. The molecule has 3 aromatic rings. The number of amides is 1. The van der Waals surface area contributed by atoms with Crippen molar-refractivity contribution in [3.05, 3.63) is 41.3 Å². The maximum atomic E-state index is 11.0. The van der Waals surface area contributed by atoms with Crippen LogP contribution in [-0.2, 0) is 11.3 Å². The van der Waals surface area contributed by atoms with Gasteiger partial charge in [0.15, 0.2) is 0 Å². The van der Waals surface area contributed by atoms with Gasteiger partial charge in [-0.2, -0.15) is 0 Å². The number of ether oxygens (including phenoxy) is 1. The minimum atomic E-state index is -0.0715. The third-order valence-electron chi connectivity index (χ3n) is 3.41. The second-order valence-electron chi connectivity index (χ2n) is 5.08. The van der Waals surface area contributed by atoms with Crippen LogP contribution in [0, 0.1) is 0 Å². The fourth-order valence-electron chi connectivity index (χ4n) is 2.31. The summed E-state index contributed by atoms with van der Waals surface area (Å²) in [5.41, 5.74) is 3.47. The summed E-state index contributed by atoms with van der Waals surface area (Å²) < 4.78 is 4.96. The van der Waals surface area contributed by atoms with Gasteiger partial charge in [-0.25, -0.2) is 9.97 Å². The van der Waals surface area contributed by atoms with Gasteiger partial charge < -0.3 is 15.0 Å². The molecule has 0 radical (unpaired) electrons. The number of nitrogens with zero attached hydrogens (tertiary/aromatic N) is 2. The molecule has 3 rings (SSSR count). The standard InChI is InChI=1S/C16H15ClN4O2/c1-9(22)18-8-12-3-10-4-14(17)13(5-15(10)21-12)11-6-19-16(23-2)20-7-11/h3-7,21H,8H2,1-2H3,(H,18,22). The molecular weight excluding hydrogens is 316 g/mol. The Hall–Kier alpha value is -2.60. The fraction of sp³-hybridized carbons (Fsp3) is 0.188. The van der Waals surface area contributed by atoms with Crippen LogP contribution in [0.2, 0.25) is 5.02 Å². The zero-order chi connectivity index (χ0) is 16.4. The van der Waals surface area contributed by atoms with E-state index in [4.69, 9.17) is 16.3 Å². The number of nitrogens with one attached hydrogen (secondary N) is 2. The summed E-state index contributed by atoms with van der Waals surface area (Å²) in [5, 5.41) is 4.35. The van der Waals surface area contributed by atoms with Crippen molar-refractivity contribution in [2.45, 2.75) is 13.5 Å². The molecule has 1 amide bonds. The van der Waals surface area contributed by atoms with Crippen molar-refractivity contribution >= 4 is 28.4 Å². The van der Waals surface area contributed by atoms with Crippen LogP contribution >= 0.6 is 11.6 Å². The average Bonchev–Trinajstić information content (AvgIpc) is 2.94. The summed E-state index contributed by atoms with van der Waals surface area (Å²) >= 11 is 6.38. The van der Waals surface area contributed by atoms with Gasteiger partial charge in [-0.1, -0.05) is 11.6 Å². The largest absolute Gasteiger partial charge is 0.467 e. The molecule has 0 fully saturated rings. The lowest BCUT2D eigenvalue weighted by molar-refractivity contribution is -0.119. The molecule has 0 spiro atoms. The highest BCUT2D eigenvalue weighted by atomic mass is 35.5. The number of hydrogen-bond donors (Lipinski definition) is 2. The molecule has 2 N–H and O–H groups in total. The predicted octanol–water partition coefficient (Wildman–Crippen LogP) is 2.92. The van der Waals surface area contributed by atoms with E-state index in [0.717, 1.165) is 27.7 Å². The first-order chi connectivity index (χ1) is 11.1. The van der Waals surface area contributed by atoms with Gasteiger partial charge in [0.1, 0.15) is 0 Å². The number of hydrogen-bond acceptors (Lipinski definition) is 4. The molecule has 0 atom stereocenters. The summed E-state index contributed by atoms with van der Waals surface area (Å²) in [4.78, 5) is 22.5. The monoisotopic (exact) mass is 330 g/mol. The minimum Gasteiger partial charge on any atom is -0.467 e. The molecule has 2 heterocycles. The Morgan fingerprint density at radius 1 is 1.30 bits per heavy atom. The molecule has 0 unspecified atom stereocenters. The molecule has 0 aliphatic heterocycles. The van der Waals surface area contributed by atoms with Crippen LogP contribution in [0.25, 0.3) is 22.0 Å². The maximum absolute atomic E-state index is 11.0. The lowest BCUT2D eigenvalue weighted by Crippen LogP contribution is -2.18. The molecule has 0 saturated carbocycles. The highest BCUT2D eigenvalue weighted by Crippen LogP contribution is 2.32. The van der Waals surface area contributed by atoms with Crippen LogP contribution in [0.15, 0.2) is 30.6 Å². The second-order valence-corrected chi connectivity index (χ2v) is 5.49. The van der Waals surface area contributed by atoms with Crippen LogP contribution in [0.3, 0.4) is 0 Å². The minimum absolute atomic E-state index is 0.0715. The molecule has 0 saturated heterocycles. The topological polar surface area (TPSA) is 79.9 Å². The lowest BCUT2D eigenvalue weighted by atomic mass is 10.1. The van der Waals surface area contributed by atoms with Crippen molar-refractivity contribution in [2.75, 3.05) is 7.11 Å². The number of aromatic amines is 1. The van der Waals surface area contributed by atoms with Gasteiger partial charge in [-0.3, -0.25) is 4.79 Å². The number of halogens is 1. The maximum Gasteiger partial charge on any atom is 0.316 e. The van der Waals surface area contributed by atoms with E-state index in [1.165, 1.54) is 14.0 Å². The molecule has 118 valence electrons. The van der Waals surface area contributed by atoms with Crippen molar-refractivity contribution in [1.82, 2.24) is 20.3 Å². The highest BCUT2D eigenvalue weighted by molar-refractivity contribution is 6.34. The average molecular weight is 331 g/mol. The molecular formula is C16H15ClN4O2. The van der Waals surface area contributed by atoms with Gasteiger partial charge in [0.25, 0.3) is 0 Å². The number of fused-ring (bicyclic) bond motifs is 1. The number of rotatable bonds is 4. The molecule has 6 nitrogen and oxygen atoms in total. The first kappa shape index (κ1) is 15.3. The lowest BCUT2D eigenvalue weighted by Gasteiger charge is -2.05. The summed E-state index contributed by atoms with van der Waals surface area (Å²) in [5.74, 6) is -0.0715. The van der Waals surface area contributed by atoms with Gasteiger partial charge in [-0.05, 0) is 18.2 Å². The fourth-order valence-corrected chi connectivity index (χ4v) is 2.59. The van der Waals surface area contributed by atoms with Crippen molar-refractivity contribution in [1.29, 1.82) is 0 Å². The van der Waals surface area contributed by atoms with Crippen LogP contribution < -0.4 is 10.1 Å². The van der Waals surface area contributed by atoms with E-state index in [9.17, 15) is 4.79 Å². The van der Waals surface area contributed by atoms with Gasteiger partial charge in [0.2, 0.25) is 5.91 Å². The van der Waals surface area contributed by atoms with Gasteiger partial charge in [0.05, 0.1) is 13.7 Å². The van der Waals surface area contributed by atoms with E-state index >= 15 is 0 Å². The third kappa shape index (κ3) is 3.27. The van der Waals surface area contributed by atoms with Crippen LogP contribution in [-0.4, -0.2) is 28.0 Å². The van der Waals surface area contributed by atoms with E-state index < -0.39 is 0 Å². The zero-order valence-electron chi connectivity index (χ0n) is 12.7. The smallest absolute Gasteiger partial charge is 0.316 e. The van der Waals surface area contributed by atoms with E-state index in [1.807, 2.05) is 18.2 Å². The van der Waals surface area contributed by atoms with Crippen molar-refractivity contribution in [3.63, 3.8) is 0 Å². The molecule has 0 aliphatic rings. The molecule has 7 heteroatoms. The molecule has 1 aromatic carbocycles. The van der Waals surface area contributed by atoms with Crippen LogP contribution in [0.4, 0.5) is 0 Å². The van der Waals surface area contributed by atoms with Crippen LogP contribution in [0.1, 0.15) is 12.6 Å². The number of carbonyl (C=O) groups excluding carboxylic acids is 1. The van der Waals surface area contributed by atoms with E-state index in [-0.39, 0.29) is 5.91 Å². The Kier molecular flexibility index (Phi) is 4.16. The number of H-pyrrole nitrogens is 1. The summed E-state index contributed by atoms with van der Waals surface area (Å²) in [6.45, 7) is 1.93. The Balaban J connectivity index is 1.97. The number of methoxy groups -OCH3 is 1. The van der Waals surface area contributed by atoms with E-state index in [0.29, 0.717) is 17.6 Å². The Morgan fingerprint density at radius 3 is 2.70 bits per heavy atom. The predicted molar refractivity (Wildman–Crippen MR) is 88.4 cm³/mol. The quantitative estimate of drug-likeness (QED) is 0.770. The Bertz CT molecular complexity index is 858. The summed E-state index contributed by atoms with van der Waals surface area (Å²) in [6, 6.07) is 6.10. The zero-order valence-corrected chi connectivity index (χ0v) is 13.4. The molecule has 2 aromatic heterocycles. The number of carbonyl (C=O) groups is 1. The van der Waals surface area contributed by atoms with Gasteiger partial charge in [0, 0.05) is 52.1 Å². The Labute approximate surface area is 137 Å². The molecule has 0 aliphatic carbocycles.